The molecule has 0 saturated heterocycles. The summed E-state index contributed by atoms with van der Waals surface area (Å²) >= 11 is 0. The lowest BCUT2D eigenvalue weighted by Gasteiger charge is -2.23. The van der Waals surface area contributed by atoms with Crippen LogP contribution < -0.4 is 0 Å². The number of aromatic nitrogens is 2. The number of isocyanates is 1. The summed E-state index contributed by atoms with van der Waals surface area (Å²) in [6, 6.07) is 10.2. The maximum absolute atomic E-state index is 12.2. The van der Waals surface area contributed by atoms with E-state index in [1.54, 1.807) is 24.3 Å². The van der Waals surface area contributed by atoms with Crippen molar-refractivity contribution in [3.63, 3.8) is 0 Å². The Balaban J connectivity index is 2.76. The molecule has 8 nitrogen and oxygen atoms in total. The van der Waals surface area contributed by atoms with Gasteiger partial charge in [0, 0.05) is 5.56 Å². The van der Waals surface area contributed by atoms with Crippen molar-refractivity contribution in [1.29, 1.82) is 10.5 Å². The highest BCUT2D eigenvalue weighted by Gasteiger charge is 2.27. The highest BCUT2D eigenvalue weighted by Crippen LogP contribution is 2.30. The minimum atomic E-state index is -4.58. The molecule has 0 unspecified atom stereocenters. The summed E-state index contributed by atoms with van der Waals surface area (Å²) in [7, 11) is -4.58. The molecule has 0 atom stereocenters. The first kappa shape index (κ1) is 19.1. The zero-order chi connectivity index (χ0) is 19.5. The maximum Gasteiger partial charge on any atom is 0.361 e. The Bertz CT molecular complexity index is 1080. The van der Waals surface area contributed by atoms with Crippen molar-refractivity contribution in [1.82, 2.24) is 8.96 Å². The second kappa shape index (κ2) is 6.93. The van der Waals surface area contributed by atoms with E-state index in [1.807, 2.05) is 12.1 Å². The van der Waals surface area contributed by atoms with Gasteiger partial charge in [-0.3, -0.25) is 0 Å². The molecule has 26 heavy (non-hydrogen) atoms. The Morgan fingerprint density at radius 3 is 2.27 bits per heavy atom. The van der Waals surface area contributed by atoms with E-state index in [0.29, 0.717) is 9.54 Å². The Labute approximate surface area is 151 Å². The van der Waals surface area contributed by atoms with Crippen LogP contribution in [0.3, 0.4) is 0 Å². The molecule has 0 fully saturated rings. The molecule has 2 aromatic rings. The molecule has 132 valence electrons. The quantitative estimate of drug-likeness (QED) is 0.588. The number of imidazole rings is 1. The summed E-state index contributed by atoms with van der Waals surface area (Å²) in [5.74, 6) is -0.169. The smallest absolute Gasteiger partial charge is 0.215 e. The fourth-order valence-electron chi connectivity index (χ4n) is 2.35. The van der Waals surface area contributed by atoms with Crippen LogP contribution in [0.2, 0.25) is 0 Å². The summed E-state index contributed by atoms with van der Waals surface area (Å²) in [6.07, 6.45) is 1.85. The van der Waals surface area contributed by atoms with Crippen LogP contribution in [0.4, 0.5) is 0 Å². The minimum absolute atomic E-state index is 0.0720. The van der Waals surface area contributed by atoms with E-state index in [9.17, 15) is 18.5 Å². The van der Waals surface area contributed by atoms with Gasteiger partial charge in [-0.25, -0.2) is 9.78 Å². The number of nitriles is 2. The molecule has 0 bridgehead atoms. The molecule has 0 saturated carbocycles. The van der Waals surface area contributed by atoms with E-state index < -0.39 is 15.9 Å². The number of hydrogen-bond acceptors (Lipinski definition) is 6. The molecule has 1 aromatic heterocycles. The summed E-state index contributed by atoms with van der Waals surface area (Å²) in [5, 5.41) is 18.4. The van der Waals surface area contributed by atoms with Crippen molar-refractivity contribution in [2.75, 3.05) is 0 Å². The van der Waals surface area contributed by atoms with Crippen molar-refractivity contribution >= 4 is 16.3 Å². The molecule has 2 rings (SSSR count). The van der Waals surface area contributed by atoms with Gasteiger partial charge in [-0.15, -0.1) is 0 Å². The Morgan fingerprint density at radius 2 is 1.81 bits per heavy atom. The lowest BCUT2D eigenvalue weighted by molar-refractivity contribution is 0.506. The van der Waals surface area contributed by atoms with Crippen molar-refractivity contribution in [3.05, 3.63) is 41.2 Å². The largest absolute Gasteiger partial charge is 0.361 e. The standard InChI is InChI=1S/C17H15N5O3S/c1-4-17(2,3)13-7-5-12(6-8-13)16-21-14(9-18)15(10-19)22(16)26(24,25)20-11-23/h5-8H,4H2,1-3H3. The second-order valence-corrected chi connectivity index (χ2v) is 7.54. The van der Waals surface area contributed by atoms with Crippen LogP contribution in [-0.2, 0) is 20.4 Å². The van der Waals surface area contributed by atoms with Crippen LogP contribution in [0, 0.1) is 22.7 Å². The second-order valence-electron chi connectivity index (χ2n) is 6.10. The van der Waals surface area contributed by atoms with Gasteiger partial charge in [0.05, 0.1) is 0 Å². The van der Waals surface area contributed by atoms with Gasteiger partial charge in [-0.2, -0.15) is 22.9 Å². The van der Waals surface area contributed by atoms with Crippen molar-refractivity contribution in [3.8, 4) is 23.5 Å². The first-order valence-electron chi connectivity index (χ1n) is 7.60. The number of rotatable bonds is 5. The van der Waals surface area contributed by atoms with Crippen LogP contribution in [0.15, 0.2) is 28.7 Å². The third-order valence-corrected chi connectivity index (χ3v) is 5.36. The minimum Gasteiger partial charge on any atom is -0.215 e. The lowest BCUT2D eigenvalue weighted by Crippen LogP contribution is -2.15. The Kier molecular flexibility index (Phi) is 5.08. The van der Waals surface area contributed by atoms with Crippen LogP contribution >= 0.6 is 0 Å². The van der Waals surface area contributed by atoms with Crippen molar-refractivity contribution in [2.24, 2.45) is 4.40 Å². The van der Waals surface area contributed by atoms with Crippen molar-refractivity contribution in [2.45, 2.75) is 32.6 Å². The van der Waals surface area contributed by atoms with Gasteiger partial charge in [0.1, 0.15) is 12.1 Å². The molecule has 0 N–H and O–H groups in total. The lowest BCUT2D eigenvalue weighted by atomic mass is 9.82. The van der Waals surface area contributed by atoms with Crippen LogP contribution in [0.1, 0.15) is 44.1 Å². The Morgan fingerprint density at radius 1 is 1.19 bits per heavy atom. The third-order valence-electron chi connectivity index (χ3n) is 4.24. The highest BCUT2D eigenvalue weighted by atomic mass is 32.2. The monoisotopic (exact) mass is 369 g/mol. The number of nitrogens with zero attached hydrogens (tertiary/aromatic N) is 5. The maximum atomic E-state index is 12.2. The summed E-state index contributed by atoms with van der Waals surface area (Å²) in [4.78, 5) is 14.4. The van der Waals surface area contributed by atoms with Gasteiger partial charge >= 0.3 is 10.2 Å². The predicted octanol–water partition coefficient (Wildman–Crippen LogP) is 2.41. The molecule has 1 heterocycles. The van der Waals surface area contributed by atoms with E-state index >= 15 is 0 Å². The average Bonchev–Trinajstić information content (AvgIpc) is 3.01. The molecular formula is C17H15N5O3S. The van der Waals surface area contributed by atoms with Gasteiger partial charge < -0.3 is 0 Å². The normalized spacial score (nSPS) is 11.3. The SMILES string of the molecule is CCC(C)(C)c1ccc(-c2nc(C#N)c(C#N)n2S(=O)(=O)N=C=O)cc1. The van der Waals surface area contributed by atoms with E-state index in [4.69, 9.17) is 5.26 Å². The summed E-state index contributed by atoms with van der Waals surface area (Å²) in [6.45, 7) is 6.21. The van der Waals surface area contributed by atoms with Gasteiger partial charge in [0.15, 0.2) is 17.2 Å². The van der Waals surface area contributed by atoms with Crippen LogP contribution in [0.25, 0.3) is 11.4 Å². The Hall–Kier alpha value is -3.26. The van der Waals surface area contributed by atoms with Gasteiger partial charge in [-0.1, -0.05) is 49.4 Å². The molecule has 0 radical (unpaired) electrons. The molecule has 0 amide bonds. The number of carbonyl (C=O) groups excluding carboxylic acids is 1. The number of hydrogen-bond donors (Lipinski definition) is 0. The van der Waals surface area contributed by atoms with E-state index in [-0.39, 0.29) is 16.9 Å². The van der Waals surface area contributed by atoms with Gasteiger partial charge in [0.25, 0.3) is 6.08 Å². The van der Waals surface area contributed by atoms with E-state index in [0.717, 1.165) is 18.1 Å². The van der Waals surface area contributed by atoms with E-state index in [2.05, 4.69) is 30.2 Å². The highest BCUT2D eigenvalue weighted by molar-refractivity contribution is 7.88. The fraction of sp³-hybridized carbons (Fsp3) is 0.294. The average molecular weight is 369 g/mol. The fourth-order valence-corrected chi connectivity index (χ4v) is 3.25. The molecular weight excluding hydrogens is 354 g/mol. The van der Waals surface area contributed by atoms with E-state index in [1.165, 1.54) is 0 Å². The van der Waals surface area contributed by atoms with Gasteiger partial charge in [-0.05, 0) is 17.4 Å². The molecule has 0 spiro atoms. The van der Waals surface area contributed by atoms with Crippen molar-refractivity contribution < 1.29 is 13.2 Å². The van der Waals surface area contributed by atoms with Gasteiger partial charge in [0.2, 0.25) is 0 Å². The first-order chi connectivity index (χ1) is 12.2. The predicted molar refractivity (Wildman–Crippen MR) is 92.8 cm³/mol. The molecule has 0 aliphatic heterocycles. The number of benzene rings is 1. The first-order valence-corrected chi connectivity index (χ1v) is 9.00. The summed E-state index contributed by atoms with van der Waals surface area (Å²) < 4.78 is 27.7. The molecule has 0 aliphatic carbocycles. The van der Waals surface area contributed by atoms with Crippen LogP contribution in [-0.4, -0.2) is 23.5 Å². The topological polar surface area (TPSA) is 129 Å². The summed E-state index contributed by atoms with van der Waals surface area (Å²) in [5.41, 5.74) is 0.446. The third kappa shape index (κ3) is 3.27. The zero-order valence-corrected chi connectivity index (χ0v) is 15.2. The molecule has 9 heteroatoms. The van der Waals surface area contributed by atoms with Crippen LogP contribution in [0.5, 0.6) is 0 Å². The molecule has 1 aromatic carbocycles. The molecule has 0 aliphatic rings. The zero-order valence-electron chi connectivity index (χ0n) is 14.4.